The first-order valence-corrected chi connectivity index (χ1v) is 6.66. The van der Waals surface area contributed by atoms with Crippen LogP contribution < -0.4 is 0 Å². The molecular weight excluding hydrogens is 278 g/mol. The molecule has 0 aliphatic heterocycles. The summed E-state index contributed by atoms with van der Waals surface area (Å²) in [6.07, 6.45) is 0. The first-order valence-electron chi connectivity index (χ1n) is 6.66. The molecule has 0 unspecified atom stereocenters. The zero-order valence-electron chi connectivity index (χ0n) is 13.6. The lowest BCUT2D eigenvalue weighted by molar-refractivity contribution is -0.160. The van der Waals surface area contributed by atoms with Gasteiger partial charge in [-0.15, -0.1) is 0 Å². The Morgan fingerprint density at radius 3 is 1.38 bits per heavy atom. The highest BCUT2D eigenvalue weighted by Gasteiger charge is 2.24. The van der Waals surface area contributed by atoms with Gasteiger partial charge < -0.3 is 14.6 Å². The monoisotopic (exact) mass is 303 g/mol. The van der Waals surface area contributed by atoms with E-state index in [9.17, 15) is 14.4 Å². The van der Waals surface area contributed by atoms with Gasteiger partial charge in [0.1, 0.15) is 11.2 Å². The topological polar surface area (TPSA) is 93.1 Å². The molecule has 0 radical (unpaired) electrons. The molecule has 0 aromatic rings. The zero-order chi connectivity index (χ0) is 16.8. The normalized spacial score (nSPS) is 12.1. The van der Waals surface area contributed by atoms with E-state index in [0.29, 0.717) is 0 Å². The number of carbonyl (C=O) groups excluding carboxylic acids is 2. The van der Waals surface area contributed by atoms with Crippen LogP contribution in [0.4, 0.5) is 0 Å². The van der Waals surface area contributed by atoms with Crippen molar-refractivity contribution in [2.24, 2.45) is 0 Å². The number of hydrogen-bond donors (Lipinski definition) is 1. The van der Waals surface area contributed by atoms with Crippen molar-refractivity contribution < 1.29 is 29.0 Å². The van der Waals surface area contributed by atoms with Gasteiger partial charge in [-0.1, -0.05) is 0 Å². The molecule has 0 atom stereocenters. The van der Waals surface area contributed by atoms with Gasteiger partial charge in [0.05, 0.1) is 19.6 Å². The highest BCUT2D eigenvalue weighted by Crippen LogP contribution is 2.09. The molecule has 122 valence electrons. The zero-order valence-corrected chi connectivity index (χ0v) is 13.6. The molecule has 0 fully saturated rings. The molecule has 0 aliphatic rings. The minimum Gasteiger partial charge on any atom is -0.480 e. The van der Waals surface area contributed by atoms with Crippen molar-refractivity contribution in [3.63, 3.8) is 0 Å². The maximum atomic E-state index is 11.7. The van der Waals surface area contributed by atoms with Crippen molar-refractivity contribution >= 4 is 17.9 Å². The van der Waals surface area contributed by atoms with Crippen molar-refractivity contribution in [3.05, 3.63) is 0 Å². The number of nitrogens with zero attached hydrogens (tertiary/aromatic N) is 1. The summed E-state index contributed by atoms with van der Waals surface area (Å²) in [5.41, 5.74) is -1.34. The van der Waals surface area contributed by atoms with Gasteiger partial charge in [0.15, 0.2) is 0 Å². The number of ether oxygens (including phenoxy) is 2. The van der Waals surface area contributed by atoms with Gasteiger partial charge in [-0.3, -0.25) is 19.3 Å². The van der Waals surface area contributed by atoms with Gasteiger partial charge in [0, 0.05) is 0 Å². The van der Waals surface area contributed by atoms with Crippen LogP contribution in [0, 0.1) is 0 Å². The van der Waals surface area contributed by atoms with Gasteiger partial charge in [0.2, 0.25) is 0 Å². The van der Waals surface area contributed by atoms with Crippen molar-refractivity contribution in [1.82, 2.24) is 4.90 Å². The molecule has 7 nitrogen and oxygen atoms in total. The Balaban J connectivity index is 4.63. The molecular formula is C14H25NO6. The number of carbonyl (C=O) groups is 3. The number of carboxylic acid groups (broad SMARTS) is 1. The summed E-state index contributed by atoms with van der Waals surface area (Å²) in [5, 5.41) is 8.83. The maximum Gasteiger partial charge on any atom is 0.320 e. The minimum absolute atomic E-state index is 0.289. The summed E-state index contributed by atoms with van der Waals surface area (Å²) in [5.74, 6) is -2.32. The molecule has 0 saturated carbocycles. The highest BCUT2D eigenvalue weighted by atomic mass is 16.6. The molecule has 0 amide bonds. The summed E-state index contributed by atoms with van der Waals surface area (Å²) in [6, 6.07) is 0. The lowest BCUT2D eigenvalue weighted by Gasteiger charge is -2.25. The largest absolute Gasteiger partial charge is 0.480 e. The van der Waals surface area contributed by atoms with E-state index in [1.807, 2.05) is 0 Å². The van der Waals surface area contributed by atoms with Crippen molar-refractivity contribution in [3.8, 4) is 0 Å². The van der Waals surface area contributed by atoms with E-state index in [4.69, 9.17) is 14.6 Å². The van der Waals surface area contributed by atoms with Gasteiger partial charge in [-0.25, -0.2) is 0 Å². The van der Waals surface area contributed by atoms with Crippen molar-refractivity contribution in [2.45, 2.75) is 52.7 Å². The maximum absolute atomic E-state index is 11.7. The van der Waals surface area contributed by atoms with E-state index in [1.54, 1.807) is 41.5 Å². The molecule has 0 aliphatic carbocycles. The molecule has 0 bridgehead atoms. The Kier molecular flexibility index (Phi) is 6.82. The van der Waals surface area contributed by atoms with Crippen LogP contribution in [0.2, 0.25) is 0 Å². The predicted molar refractivity (Wildman–Crippen MR) is 75.8 cm³/mol. The number of rotatable bonds is 6. The highest BCUT2D eigenvalue weighted by molar-refractivity contribution is 5.77. The van der Waals surface area contributed by atoms with E-state index < -0.39 is 35.7 Å². The summed E-state index contributed by atoms with van der Waals surface area (Å²) < 4.78 is 10.2. The summed E-state index contributed by atoms with van der Waals surface area (Å²) in [4.78, 5) is 35.4. The number of hydrogen-bond acceptors (Lipinski definition) is 6. The second-order valence-corrected chi connectivity index (χ2v) is 6.71. The number of carboxylic acids is 1. The molecule has 7 heteroatoms. The fourth-order valence-electron chi connectivity index (χ4n) is 1.47. The molecule has 0 spiro atoms. The van der Waals surface area contributed by atoms with E-state index in [2.05, 4.69) is 0 Å². The molecule has 0 saturated heterocycles. The average Bonchev–Trinajstić information content (AvgIpc) is 2.07. The van der Waals surface area contributed by atoms with Crippen LogP contribution in [0.15, 0.2) is 0 Å². The minimum atomic E-state index is -1.14. The lowest BCUT2D eigenvalue weighted by atomic mass is 10.2. The van der Waals surface area contributed by atoms with Crippen molar-refractivity contribution in [2.75, 3.05) is 19.6 Å². The fourth-order valence-corrected chi connectivity index (χ4v) is 1.47. The second kappa shape index (κ2) is 7.40. The van der Waals surface area contributed by atoms with Crippen LogP contribution in [-0.4, -0.2) is 58.8 Å². The van der Waals surface area contributed by atoms with E-state index in [-0.39, 0.29) is 13.1 Å². The van der Waals surface area contributed by atoms with E-state index in [0.717, 1.165) is 0 Å². The van der Waals surface area contributed by atoms with E-state index >= 15 is 0 Å². The lowest BCUT2D eigenvalue weighted by Crippen LogP contribution is -2.42. The Bertz CT molecular complexity index is 361. The van der Waals surface area contributed by atoms with Crippen LogP contribution in [-0.2, 0) is 23.9 Å². The Morgan fingerprint density at radius 1 is 0.810 bits per heavy atom. The number of aliphatic carboxylic acids is 1. The van der Waals surface area contributed by atoms with Crippen LogP contribution in [0.3, 0.4) is 0 Å². The smallest absolute Gasteiger partial charge is 0.320 e. The molecule has 1 N–H and O–H groups in total. The van der Waals surface area contributed by atoms with Crippen LogP contribution in [0.1, 0.15) is 41.5 Å². The average molecular weight is 303 g/mol. The fraction of sp³-hybridized carbons (Fsp3) is 0.786. The van der Waals surface area contributed by atoms with Crippen LogP contribution >= 0.6 is 0 Å². The number of esters is 2. The summed E-state index contributed by atoms with van der Waals surface area (Å²) in [6.45, 7) is 9.23. The third-order valence-corrected chi connectivity index (χ3v) is 1.90. The molecule has 0 rings (SSSR count). The Hall–Kier alpha value is -1.63. The summed E-state index contributed by atoms with van der Waals surface area (Å²) >= 11 is 0. The molecule has 21 heavy (non-hydrogen) atoms. The van der Waals surface area contributed by atoms with Crippen molar-refractivity contribution in [1.29, 1.82) is 0 Å². The Labute approximate surface area is 125 Å². The van der Waals surface area contributed by atoms with Crippen LogP contribution in [0.5, 0.6) is 0 Å². The van der Waals surface area contributed by atoms with Gasteiger partial charge >= 0.3 is 17.9 Å². The third-order valence-electron chi connectivity index (χ3n) is 1.90. The molecule has 0 aromatic carbocycles. The summed E-state index contributed by atoms with van der Waals surface area (Å²) in [7, 11) is 0. The quantitative estimate of drug-likeness (QED) is 0.733. The van der Waals surface area contributed by atoms with Crippen LogP contribution in [0.25, 0.3) is 0 Å². The first kappa shape index (κ1) is 19.4. The van der Waals surface area contributed by atoms with Gasteiger partial charge in [-0.2, -0.15) is 0 Å². The third kappa shape index (κ3) is 11.9. The molecule has 0 heterocycles. The predicted octanol–water partition coefficient (Wildman–Crippen LogP) is 1.06. The van der Waals surface area contributed by atoms with E-state index in [1.165, 1.54) is 4.90 Å². The SMILES string of the molecule is CC(C)(C)OC(=O)CN(CC(=O)O)CC(=O)OC(C)(C)C. The van der Waals surface area contributed by atoms with Gasteiger partial charge in [0.25, 0.3) is 0 Å². The Morgan fingerprint density at radius 2 is 1.14 bits per heavy atom. The van der Waals surface area contributed by atoms with Gasteiger partial charge in [-0.05, 0) is 41.5 Å². The second-order valence-electron chi connectivity index (χ2n) is 6.71. The first-order chi connectivity index (χ1) is 9.28. The standard InChI is InChI=1S/C14H25NO6/c1-13(2,3)20-11(18)8-15(7-10(16)17)9-12(19)21-14(4,5)6/h7-9H2,1-6H3,(H,16,17). The molecule has 0 aromatic heterocycles.